The van der Waals surface area contributed by atoms with Crippen LogP contribution in [0.4, 0.5) is 5.69 Å². The summed E-state index contributed by atoms with van der Waals surface area (Å²) >= 11 is 1.67. The zero-order chi connectivity index (χ0) is 24.3. The molecule has 34 heavy (non-hydrogen) atoms. The van der Waals surface area contributed by atoms with Crippen LogP contribution in [0.1, 0.15) is 43.9 Å². The molecule has 1 aliphatic rings. The van der Waals surface area contributed by atoms with Gasteiger partial charge < -0.3 is 5.32 Å². The Kier molecular flexibility index (Phi) is 7.47. The van der Waals surface area contributed by atoms with E-state index in [4.69, 9.17) is 10.1 Å². The SMILES string of the molecule is CC(C)c1ccc(-c2nc(CN3CCC(C(=O)Nc4ccc(S(N)(=O)=O)cc4)CC3)cs2)cc1. The van der Waals surface area contributed by atoms with Gasteiger partial charge in [0.15, 0.2) is 0 Å². The molecular weight excluding hydrogens is 468 g/mol. The van der Waals surface area contributed by atoms with Crippen molar-refractivity contribution in [1.29, 1.82) is 0 Å². The molecule has 1 aliphatic heterocycles. The molecule has 1 amide bonds. The number of hydrogen-bond donors (Lipinski definition) is 2. The minimum absolute atomic E-state index is 0.0246. The van der Waals surface area contributed by atoms with Gasteiger partial charge in [-0.05, 0) is 61.7 Å². The lowest BCUT2D eigenvalue weighted by Gasteiger charge is -2.30. The highest BCUT2D eigenvalue weighted by molar-refractivity contribution is 7.89. The maximum absolute atomic E-state index is 12.7. The minimum atomic E-state index is -3.74. The van der Waals surface area contributed by atoms with E-state index in [2.05, 4.69) is 53.7 Å². The van der Waals surface area contributed by atoms with Crippen LogP contribution in [0.5, 0.6) is 0 Å². The summed E-state index contributed by atoms with van der Waals surface area (Å²) in [4.78, 5) is 19.8. The third-order valence-electron chi connectivity index (χ3n) is 6.17. The molecule has 1 aromatic heterocycles. The van der Waals surface area contributed by atoms with E-state index in [-0.39, 0.29) is 16.7 Å². The van der Waals surface area contributed by atoms with E-state index in [1.807, 2.05) is 0 Å². The van der Waals surface area contributed by atoms with Crippen LogP contribution in [0, 0.1) is 5.92 Å². The van der Waals surface area contributed by atoms with Gasteiger partial charge in [-0.1, -0.05) is 38.1 Å². The van der Waals surface area contributed by atoms with E-state index in [0.29, 0.717) is 11.6 Å². The van der Waals surface area contributed by atoms with Gasteiger partial charge in [-0.25, -0.2) is 18.5 Å². The van der Waals surface area contributed by atoms with Crippen molar-refractivity contribution in [3.05, 3.63) is 65.2 Å². The van der Waals surface area contributed by atoms with E-state index in [9.17, 15) is 13.2 Å². The molecule has 0 radical (unpaired) electrons. The zero-order valence-electron chi connectivity index (χ0n) is 19.4. The maximum Gasteiger partial charge on any atom is 0.238 e. The van der Waals surface area contributed by atoms with Gasteiger partial charge in [-0.2, -0.15) is 0 Å². The summed E-state index contributed by atoms with van der Waals surface area (Å²) in [6.07, 6.45) is 1.55. The summed E-state index contributed by atoms with van der Waals surface area (Å²) < 4.78 is 22.7. The highest BCUT2D eigenvalue weighted by Crippen LogP contribution is 2.27. The van der Waals surface area contributed by atoms with Gasteiger partial charge in [0.25, 0.3) is 0 Å². The number of sulfonamides is 1. The second kappa shape index (κ2) is 10.4. The van der Waals surface area contributed by atoms with Crippen LogP contribution in [0.3, 0.4) is 0 Å². The summed E-state index contributed by atoms with van der Waals surface area (Å²) in [7, 11) is -3.74. The standard InChI is InChI=1S/C25H30N4O3S2/c1-17(2)18-3-5-20(6-4-18)25-28-22(16-33-25)15-29-13-11-19(12-14-29)24(30)27-21-7-9-23(10-8-21)34(26,31)32/h3-10,16-17,19H,11-15H2,1-2H3,(H,27,30)(H2,26,31,32). The summed E-state index contributed by atoms with van der Waals surface area (Å²) in [5, 5.41) is 11.2. The Bertz CT molecular complexity index is 1230. The van der Waals surface area contributed by atoms with E-state index in [0.717, 1.165) is 48.7 Å². The Balaban J connectivity index is 1.27. The van der Waals surface area contributed by atoms with Crippen LogP contribution >= 0.6 is 11.3 Å². The number of carbonyl (C=O) groups excluding carboxylic acids is 1. The van der Waals surface area contributed by atoms with Gasteiger partial charge in [-0.3, -0.25) is 9.69 Å². The molecule has 1 fully saturated rings. The van der Waals surface area contributed by atoms with Crippen LogP contribution in [0.25, 0.3) is 10.6 Å². The number of carbonyl (C=O) groups is 1. The molecule has 0 bridgehead atoms. The molecule has 0 saturated carbocycles. The van der Waals surface area contributed by atoms with Crippen LogP contribution in [0.15, 0.2) is 58.8 Å². The van der Waals surface area contributed by atoms with Crippen LogP contribution in [-0.2, 0) is 21.4 Å². The van der Waals surface area contributed by atoms with Crippen LogP contribution in [-0.4, -0.2) is 37.3 Å². The van der Waals surface area contributed by atoms with Crippen molar-refractivity contribution >= 4 is 33.0 Å². The number of nitrogens with two attached hydrogens (primary N) is 1. The van der Waals surface area contributed by atoms with Crippen molar-refractivity contribution in [3.63, 3.8) is 0 Å². The molecule has 9 heteroatoms. The molecular formula is C25H30N4O3S2. The predicted molar refractivity (Wildman–Crippen MR) is 136 cm³/mol. The van der Waals surface area contributed by atoms with Gasteiger partial charge >= 0.3 is 0 Å². The summed E-state index contributed by atoms with van der Waals surface area (Å²) in [5.74, 6) is 0.407. The lowest BCUT2D eigenvalue weighted by atomic mass is 9.95. The largest absolute Gasteiger partial charge is 0.326 e. The third-order valence-corrected chi connectivity index (χ3v) is 8.04. The second-order valence-electron chi connectivity index (χ2n) is 9.03. The van der Waals surface area contributed by atoms with Crippen molar-refractivity contribution in [3.8, 4) is 10.6 Å². The number of aromatic nitrogens is 1. The van der Waals surface area contributed by atoms with Gasteiger partial charge in [0.2, 0.25) is 15.9 Å². The number of hydrogen-bond acceptors (Lipinski definition) is 6. The molecule has 0 aliphatic carbocycles. The van der Waals surface area contributed by atoms with Crippen LogP contribution < -0.4 is 10.5 Å². The Morgan fingerprint density at radius 1 is 1.12 bits per heavy atom. The molecule has 3 N–H and O–H groups in total. The van der Waals surface area contributed by atoms with Gasteiger partial charge in [0, 0.05) is 29.1 Å². The molecule has 0 unspecified atom stereocenters. The fourth-order valence-electron chi connectivity index (χ4n) is 4.08. The first-order chi connectivity index (χ1) is 16.2. The Labute approximate surface area is 205 Å². The first-order valence-corrected chi connectivity index (χ1v) is 13.8. The fraction of sp³-hybridized carbons (Fsp3) is 0.360. The number of primary sulfonamides is 1. The first-order valence-electron chi connectivity index (χ1n) is 11.4. The highest BCUT2D eigenvalue weighted by Gasteiger charge is 2.25. The van der Waals surface area contributed by atoms with Crippen molar-refractivity contribution in [2.24, 2.45) is 11.1 Å². The molecule has 0 atom stereocenters. The first kappa shape index (κ1) is 24.5. The van der Waals surface area contributed by atoms with E-state index < -0.39 is 10.0 Å². The molecule has 4 rings (SSSR count). The molecule has 2 heterocycles. The van der Waals surface area contributed by atoms with E-state index in [1.54, 1.807) is 23.5 Å². The summed E-state index contributed by atoms with van der Waals surface area (Å²) in [6.45, 7) is 6.83. The number of nitrogens with zero attached hydrogens (tertiary/aromatic N) is 2. The maximum atomic E-state index is 12.7. The normalized spacial score (nSPS) is 15.5. The number of benzene rings is 2. The molecule has 2 aromatic carbocycles. The molecule has 180 valence electrons. The van der Waals surface area contributed by atoms with Crippen molar-refractivity contribution in [1.82, 2.24) is 9.88 Å². The zero-order valence-corrected chi connectivity index (χ0v) is 21.0. The van der Waals surface area contributed by atoms with Gasteiger partial charge in [0.1, 0.15) is 5.01 Å². The van der Waals surface area contributed by atoms with E-state index in [1.165, 1.54) is 17.7 Å². The Hall–Kier alpha value is -2.59. The van der Waals surface area contributed by atoms with E-state index >= 15 is 0 Å². The number of rotatable bonds is 7. The summed E-state index contributed by atoms with van der Waals surface area (Å²) in [5.41, 5.74) is 4.10. The lowest BCUT2D eigenvalue weighted by molar-refractivity contribution is -0.121. The minimum Gasteiger partial charge on any atom is -0.326 e. The lowest BCUT2D eigenvalue weighted by Crippen LogP contribution is -2.37. The predicted octanol–water partition coefficient (Wildman–Crippen LogP) is 4.43. The molecule has 3 aromatic rings. The van der Waals surface area contributed by atoms with Gasteiger partial charge in [-0.15, -0.1) is 11.3 Å². The number of nitrogens with one attached hydrogen (secondary N) is 1. The van der Waals surface area contributed by atoms with Crippen molar-refractivity contribution in [2.75, 3.05) is 18.4 Å². The number of likely N-dealkylation sites (tertiary alicyclic amines) is 1. The van der Waals surface area contributed by atoms with Crippen LogP contribution in [0.2, 0.25) is 0 Å². The molecule has 7 nitrogen and oxygen atoms in total. The topological polar surface area (TPSA) is 105 Å². The molecule has 1 saturated heterocycles. The fourth-order valence-corrected chi connectivity index (χ4v) is 5.41. The quantitative estimate of drug-likeness (QED) is 0.501. The highest BCUT2D eigenvalue weighted by atomic mass is 32.2. The monoisotopic (exact) mass is 498 g/mol. The molecule has 0 spiro atoms. The summed E-state index contributed by atoms with van der Waals surface area (Å²) in [6, 6.07) is 14.5. The Morgan fingerprint density at radius 2 is 1.76 bits per heavy atom. The average molecular weight is 499 g/mol. The number of anilines is 1. The number of piperidine rings is 1. The second-order valence-corrected chi connectivity index (χ2v) is 11.4. The van der Waals surface area contributed by atoms with Crippen molar-refractivity contribution in [2.45, 2.75) is 44.0 Å². The number of thiazole rings is 1. The average Bonchev–Trinajstić information content (AvgIpc) is 3.28. The third kappa shape index (κ3) is 6.09. The smallest absolute Gasteiger partial charge is 0.238 e. The van der Waals surface area contributed by atoms with Gasteiger partial charge in [0.05, 0.1) is 10.6 Å². The van der Waals surface area contributed by atoms with Crippen molar-refractivity contribution < 1.29 is 13.2 Å². The Morgan fingerprint density at radius 3 is 2.35 bits per heavy atom. The number of amides is 1.